The molecule has 1 aromatic carbocycles. The summed E-state index contributed by atoms with van der Waals surface area (Å²) in [6, 6.07) is 8.44. The number of carbonyl (C=O) groups excluding carboxylic acids is 1. The van der Waals surface area contributed by atoms with Crippen LogP contribution >= 0.6 is 15.9 Å². The van der Waals surface area contributed by atoms with E-state index in [4.69, 9.17) is 0 Å². The molecule has 1 atom stereocenters. The number of carbonyl (C=O) groups is 1. The highest BCUT2D eigenvalue weighted by atomic mass is 79.9. The van der Waals surface area contributed by atoms with Gasteiger partial charge in [0.25, 0.3) is 0 Å². The predicted octanol–water partition coefficient (Wildman–Crippen LogP) is 3.53. The molecule has 0 radical (unpaired) electrons. The van der Waals surface area contributed by atoms with Crippen LogP contribution in [0.1, 0.15) is 31.7 Å². The molecule has 1 unspecified atom stereocenters. The Balaban J connectivity index is 1.85. The molecule has 0 bridgehead atoms. The van der Waals surface area contributed by atoms with Crippen LogP contribution < -0.4 is 5.32 Å². The smallest absolute Gasteiger partial charge is 0.317 e. The van der Waals surface area contributed by atoms with Crippen LogP contribution in [-0.2, 0) is 6.54 Å². The number of halogens is 1. The fourth-order valence-corrected chi connectivity index (χ4v) is 2.55. The van der Waals surface area contributed by atoms with Gasteiger partial charge in [-0.25, -0.2) is 4.79 Å². The van der Waals surface area contributed by atoms with Crippen molar-refractivity contribution >= 4 is 22.0 Å². The van der Waals surface area contributed by atoms with Crippen molar-refractivity contribution in [2.24, 2.45) is 0 Å². The van der Waals surface area contributed by atoms with E-state index in [-0.39, 0.29) is 6.03 Å². The topological polar surface area (TPSA) is 32.3 Å². The molecule has 1 saturated heterocycles. The molecular formula is C14H19BrN2O. The average molecular weight is 311 g/mol. The number of nitrogens with one attached hydrogen (secondary N) is 1. The number of hydrogen-bond acceptors (Lipinski definition) is 1. The average Bonchev–Trinajstić information content (AvgIpc) is 2.38. The van der Waals surface area contributed by atoms with E-state index < -0.39 is 0 Å². The number of amides is 2. The van der Waals surface area contributed by atoms with Crippen LogP contribution in [0.15, 0.2) is 28.7 Å². The molecule has 0 aromatic heterocycles. The summed E-state index contributed by atoms with van der Waals surface area (Å²) >= 11 is 3.40. The number of nitrogens with zero attached hydrogens (tertiary/aromatic N) is 1. The highest BCUT2D eigenvalue weighted by Crippen LogP contribution is 2.16. The fraction of sp³-hybridized carbons (Fsp3) is 0.500. The van der Waals surface area contributed by atoms with Crippen molar-refractivity contribution in [2.45, 2.75) is 38.8 Å². The SMILES string of the molecule is CC1CCCCN1C(=O)NCc1ccc(Br)cc1. The van der Waals surface area contributed by atoms with Crippen LogP contribution in [0.25, 0.3) is 0 Å². The Hall–Kier alpha value is -1.03. The van der Waals surface area contributed by atoms with Crippen molar-refractivity contribution in [1.82, 2.24) is 10.2 Å². The summed E-state index contributed by atoms with van der Waals surface area (Å²) in [5.74, 6) is 0. The summed E-state index contributed by atoms with van der Waals surface area (Å²) in [4.78, 5) is 14.0. The lowest BCUT2D eigenvalue weighted by Gasteiger charge is -2.33. The van der Waals surface area contributed by atoms with Crippen LogP contribution in [0.4, 0.5) is 4.79 Å². The number of benzene rings is 1. The lowest BCUT2D eigenvalue weighted by Crippen LogP contribution is -2.47. The van der Waals surface area contributed by atoms with Crippen molar-refractivity contribution in [3.05, 3.63) is 34.3 Å². The number of likely N-dealkylation sites (tertiary alicyclic amines) is 1. The minimum Gasteiger partial charge on any atom is -0.334 e. The van der Waals surface area contributed by atoms with E-state index in [1.54, 1.807) is 0 Å². The van der Waals surface area contributed by atoms with Gasteiger partial charge in [-0.1, -0.05) is 28.1 Å². The minimum absolute atomic E-state index is 0.0603. The van der Waals surface area contributed by atoms with Crippen molar-refractivity contribution in [2.75, 3.05) is 6.54 Å². The Morgan fingerprint density at radius 1 is 1.39 bits per heavy atom. The quantitative estimate of drug-likeness (QED) is 0.890. The third-order valence-electron chi connectivity index (χ3n) is 3.42. The van der Waals surface area contributed by atoms with Gasteiger partial charge >= 0.3 is 6.03 Å². The third kappa shape index (κ3) is 3.48. The Morgan fingerprint density at radius 2 is 2.11 bits per heavy atom. The summed E-state index contributed by atoms with van der Waals surface area (Å²) in [7, 11) is 0. The van der Waals surface area contributed by atoms with Gasteiger partial charge in [-0.3, -0.25) is 0 Å². The second-order valence-corrected chi connectivity index (χ2v) is 5.74. The Morgan fingerprint density at radius 3 is 2.78 bits per heavy atom. The van der Waals surface area contributed by atoms with E-state index in [0.717, 1.165) is 29.4 Å². The first-order valence-electron chi connectivity index (χ1n) is 6.46. The second-order valence-electron chi connectivity index (χ2n) is 4.82. The highest BCUT2D eigenvalue weighted by molar-refractivity contribution is 9.10. The van der Waals surface area contributed by atoms with Gasteiger partial charge in [0, 0.05) is 23.6 Å². The molecule has 0 saturated carbocycles. The van der Waals surface area contributed by atoms with Gasteiger partial charge in [-0.15, -0.1) is 0 Å². The first-order valence-corrected chi connectivity index (χ1v) is 7.25. The molecule has 1 N–H and O–H groups in total. The minimum atomic E-state index is 0.0603. The molecule has 1 aromatic rings. The summed E-state index contributed by atoms with van der Waals surface area (Å²) in [5.41, 5.74) is 1.12. The van der Waals surface area contributed by atoms with E-state index >= 15 is 0 Å². The van der Waals surface area contributed by atoms with Gasteiger partial charge in [0.1, 0.15) is 0 Å². The maximum atomic E-state index is 12.1. The Labute approximate surface area is 117 Å². The van der Waals surface area contributed by atoms with Gasteiger partial charge in [-0.05, 0) is 43.9 Å². The molecule has 1 aliphatic heterocycles. The van der Waals surface area contributed by atoms with E-state index in [9.17, 15) is 4.79 Å². The van der Waals surface area contributed by atoms with Crippen LogP contribution in [0.3, 0.4) is 0 Å². The number of piperidine rings is 1. The van der Waals surface area contributed by atoms with Crippen molar-refractivity contribution < 1.29 is 4.79 Å². The second kappa shape index (κ2) is 6.23. The molecular weight excluding hydrogens is 292 g/mol. The normalized spacial score (nSPS) is 19.7. The molecule has 98 valence electrons. The lowest BCUT2D eigenvalue weighted by atomic mass is 10.0. The van der Waals surface area contributed by atoms with Gasteiger partial charge < -0.3 is 10.2 Å². The van der Waals surface area contributed by atoms with E-state index in [2.05, 4.69) is 28.2 Å². The van der Waals surface area contributed by atoms with Gasteiger partial charge in [0.15, 0.2) is 0 Å². The van der Waals surface area contributed by atoms with Gasteiger partial charge in [0.05, 0.1) is 0 Å². The summed E-state index contributed by atoms with van der Waals surface area (Å²) in [6.07, 6.45) is 3.47. The van der Waals surface area contributed by atoms with Crippen LogP contribution in [0.5, 0.6) is 0 Å². The van der Waals surface area contributed by atoms with Gasteiger partial charge in [0.2, 0.25) is 0 Å². The lowest BCUT2D eigenvalue weighted by molar-refractivity contribution is 0.158. The molecule has 1 fully saturated rings. The highest BCUT2D eigenvalue weighted by Gasteiger charge is 2.22. The summed E-state index contributed by atoms with van der Waals surface area (Å²) in [6.45, 7) is 3.60. The fourth-order valence-electron chi connectivity index (χ4n) is 2.28. The standard InChI is InChI=1S/C14H19BrN2O/c1-11-4-2-3-9-17(11)14(18)16-10-12-5-7-13(15)8-6-12/h5-8,11H,2-4,9-10H2,1H3,(H,16,18). The third-order valence-corrected chi connectivity index (χ3v) is 3.95. The molecule has 1 heterocycles. The van der Waals surface area contributed by atoms with Crippen LogP contribution in [0, 0.1) is 0 Å². The molecule has 0 spiro atoms. The first-order chi connectivity index (χ1) is 8.66. The maximum Gasteiger partial charge on any atom is 0.317 e. The number of hydrogen-bond donors (Lipinski definition) is 1. The van der Waals surface area contributed by atoms with Crippen molar-refractivity contribution in [1.29, 1.82) is 0 Å². The summed E-state index contributed by atoms with van der Waals surface area (Å²) in [5, 5.41) is 2.99. The Kier molecular flexibility index (Phi) is 4.64. The monoisotopic (exact) mass is 310 g/mol. The summed E-state index contributed by atoms with van der Waals surface area (Å²) < 4.78 is 1.06. The molecule has 1 aliphatic rings. The van der Waals surface area contributed by atoms with Crippen molar-refractivity contribution in [3.8, 4) is 0 Å². The van der Waals surface area contributed by atoms with Crippen LogP contribution in [0.2, 0.25) is 0 Å². The molecule has 2 amide bonds. The van der Waals surface area contributed by atoms with E-state index in [0.29, 0.717) is 12.6 Å². The predicted molar refractivity (Wildman–Crippen MR) is 76.4 cm³/mol. The maximum absolute atomic E-state index is 12.1. The van der Waals surface area contributed by atoms with Gasteiger partial charge in [-0.2, -0.15) is 0 Å². The molecule has 18 heavy (non-hydrogen) atoms. The molecule has 2 rings (SSSR count). The molecule has 4 heteroatoms. The van der Waals surface area contributed by atoms with E-state index in [1.165, 1.54) is 6.42 Å². The number of rotatable bonds is 2. The largest absolute Gasteiger partial charge is 0.334 e. The van der Waals surface area contributed by atoms with Crippen LogP contribution in [-0.4, -0.2) is 23.5 Å². The Bertz CT molecular complexity index is 405. The number of urea groups is 1. The van der Waals surface area contributed by atoms with Crippen molar-refractivity contribution in [3.63, 3.8) is 0 Å². The zero-order valence-corrected chi connectivity index (χ0v) is 12.2. The molecule has 3 nitrogen and oxygen atoms in total. The molecule has 0 aliphatic carbocycles. The zero-order chi connectivity index (χ0) is 13.0. The zero-order valence-electron chi connectivity index (χ0n) is 10.7. The van der Waals surface area contributed by atoms with E-state index in [1.807, 2.05) is 29.2 Å². The first kappa shape index (κ1) is 13.4.